The van der Waals surface area contributed by atoms with E-state index in [1.54, 1.807) is 0 Å². The molecule has 0 spiro atoms. The van der Waals surface area contributed by atoms with Crippen LogP contribution in [-0.2, 0) is 0 Å². The van der Waals surface area contributed by atoms with Crippen LogP contribution in [0.15, 0.2) is 35.5 Å². The van der Waals surface area contributed by atoms with E-state index in [0.29, 0.717) is 6.04 Å². The number of likely N-dealkylation sites (tertiary alicyclic amines) is 1. The van der Waals surface area contributed by atoms with E-state index in [0.717, 1.165) is 24.5 Å². The van der Waals surface area contributed by atoms with Crippen LogP contribution >= 0.6 is 0 Å². The highest BCUT2D eigenvalue weighted by Crippen LogP contribution is 2.33. The average Bonchev–Trinajstić information content (AvgIpc) is 2.57. The van der Waals surface area contributed by atoms with Crippen LogP contribution in [0.3, 0.4) is 0 Å². The van der Waals surface area contributed by atoms with Crippen molar-refractivity contribution in [3.05, 3.63) is 35.9 Å². The molecule has 1 heterocycles. The summed E-state index contributed by atoms with van der Waals surface area (Å²) in [7, 11) is 0. The fourth-order valence-electron chi connectivity index (χ4n) is 3.89. The molecule has 1 aliphatic carbocycles. The summed E-state index contributed by atoms with van der Waals surface area (Å²) in [4.78, 5) is 2.70. The van der Waals surface area contributed by atoms with Gasteiger partial charge in [-0.25, -0.2) is 0 Å². The fourth-order valence-corrected chi connectivity index (χ4v) is 3.89. The van der Waals surface area contributed by atoms with E-state index in [9.17, 15) is 0 Å². The number of nitrogens with zero attached hydrogens (tertiary/aromatic N) is 2. The molecule has 1 aromatic carbocycles. The van der Waals surface area contributed by atoms with Gasteiger partial charge in [-0.05, 0) is 56.6 Å². The summed E-state index contributed by atoms with van der Waals surface area (Å²) in [5.41, 5.74) is 2.47. The average molecular weight is 286 g/mol. The predicted octanol–water partition coefficient (Wildman–Crippen LogP) is 4.23. The van der Waals surface area contributed by atoms with Gasteiger partial charge in [0.05, 0.1) is 5.71 Å². The van der Waals surface area contributed by atoms with Gasteiger partial charge in [-0.15, -0.1) is 0 Å². The minimum Gasteiger partial charge on any atom is -0.411 e. The lowest BCUT2D eigenvalue weighted by Gasteiger charge is -2.39. The van der Waals surface area contributed by atoms with Crippen molar-refractivity contribution in [1.29, 1.82) is 0 Å². The fraction of sp³-hybridized carbons (Fsp3) is 0.611. The Morgan fingerprint density at radius 1 is 1.05 bits per heavy atom. The molecule has 1 saturated carbocycles. The van der Waals surface area contributed by atoms with Gasteiger partial charge in [-0.3, -0.25) is 4.90 Å². The first-order valence-electron chi connectivity index (χ1n) is 8.35. The largest absolute Gasteiger partial charge is 0.411 e. The van der Waals surface area contributed by atoms with Gasteiger partial charge >= 0.3 is 0 Å². The number of piperidine rings is 1. The van der Waals surface area contributed by atoms with E-state index in [4.69, 9.17) is 5.21 Å². The maximum Gasteiger partial charge on any atom is 0.0571 e. The molecule has 1 N–H and O–H groups in total. The van der Waals surface area contributed by atoms with Gasteiger partial charge in [-0.2, -0.15) is 0 Å². The van der Waals surface area contributed by atoms with E-state index in [2.05, 4.69) is 40.4 Å². The Balaban J connectivity index is 1.63. The Morgan fingerprint density at radius 2 is 1.81 bits per heavy atom. The molecule has 3 nitrogen and oxygen atoms in total. The summed E-state index contributed by atoms with van der Waals surface area (Å²) >= 11 is 0. The first-order valence-corrected chi connectivity index (χ1v) is 8.35. The number of benzene rings is 1. The van der Waals surface area contributed by atoms with E-state index < -0.39 is 0 Å². The van der Waals surface area contributed by atoms with Crippen molar-refractivity contribution in [2.45, 2.75) is 51.0 Å². The maximum absolute atomic E-state index is 8.87. The molecule has 1 atom stereocenters. The molecule has 0 radical (unpaired) electrons. The molecule has 1 saturated heterocycles. The highest BCUT2D eigenvalue weighted by molar-refractivity contribution is 5.84. The standard InChI is InChI=1S/C18H26N2O/c21-19-17-11-9-15(10-12-17)14-20-13-5-4-8-18(20)16-6-2-1-3-7-16/h1-3,6-7,15,18,21H,4-5,8-14H2. The summed E-state index contributed by atoms with van der Waals surface area (Å²) in [5.74, 6) is 0.764. The van der Waals surface area contributed by atoms with Crippen LogP contribution in [0, 0.1) is 5.92 Å². The lowest BCUT2D eigenvalue weighted by atomic mass is 9.86. The monoisotopic (exact) mass is 286 g/mol. The second kappa shape index (κ2) is 7.08. The zero-order valence-corrected chi connectivity index (χ0v) is 12.7. The molecule has 2 fully saturated rings. The third-order valence-electron chi connectivity index (χ3n) is 5.11. The van der Waals surface area contributed by atoms with E-state index in [1.165, 1.54) is 50.8 Å². The first-order chi connectivity index (χ1) is 10.4. The number of rotatable bonds is 3. The summed E-state index contributed by atoms with van der Waals surface area (Å²) in [6, 6.07) is 11.6. The van der Waals surface area contributed by atoms with E-state index >= 15 is 0 Å². The third kappa shape index (κ3) is 3.65. The second-order valence-electron chi connectivity index (χ2n) is 6.53. The van der Waals surface area contributed by atoms with Gasteiger partial charge in [0.1, 0.15) is 0 Å². The van der Waals surface area contributed by atoms with Crippen molar-refractivity contribution < 1.29 is 5.21 Å². The minimum absolute atomic E-state index is 0.604. The quantitative estimate of drug-likeness (QED) is 0.666. The minimum atomic E-state index is 0.604. The number of hydrogen-bond acceptors (Lipinski definition) is 3. The molecule has 114 valence electrons. The number of hydrogen-bond donors (Lipinski definition) is 1. The topological polar surface area (TPSA) is 35.8 Å². The first kappa shape index (κ1) is 14.6. The Labute approximate surface area is 127 Å². The van der Waals surface area contributed by atoms with Crippen LogP contribution in [0.5, 0.6) is 0 Å². The van der Waals surface area contributed by atoms with Crippen molar-refractivity contribution in [3.63, 3.8) is 0 Å². The smallest absolute Gasteiger partial charge is 0.0571 e. The zero-order chi connectivity index (χ0) is 14.5. The van der Waals surface area contributed by atoms with Crippen molar-refractivity contribution in [2.75, 3.05) is 13.1 Å². The molecule has 1 unspecified atom stereocenters. The predicted molar refractivity (Wildman–Crippen MR) is 85.8 cm³/mol. The normalized spacial score (nSPS) is 27.5. The van der Waals surface area contributed by atoms with Gasteiger partial charge < -0.3 is 5.21 Å². The molecule has 1 aliphatic heterocycles. The maximum atomic E-state index is 8.87. The number of oxime groups is 1. The van der Waals surface area contributed by atoms with Gasteiger partial charge in [0.2, 0.25) is 0 Å². The zero-order valence-electron chi connectivity index (χ0n) is 12.7. The summed E-state index contributed by atoms with van der Waals surface area (Å²) in [6.45, 7) is 2.44. The Morgan fingerprint density at radius 3 is 2.52 bits per heavy atom. The van der Waals surface area contributed by atoms with E-state index in [-0.39, 0.29) is 0 Å². The van der Waals surface area contributed by atoms with Crippen LogP contribution in [0.4, 0.5) is 0 Å². The summed E-state index contributed by atoms with van der Waals surface area (Å²) in [5, 5.41) is 12.3. The highest BCUT2D eigenvalue weighted by Gasteiger charge is 2.27. The molecule has 0 bridgehead atoms. The van der Waals surface area contributed by atoms with Crippen LogP contribution < -0.4 is 0 Å². The molecule has 3 rings (SSSR count). The van der Waals surface area contributed by atoms with Crippen LogP contribution in [0.2, 0.25) is 0 Å². The lowest BCUT2D eigenvalue weighted by molar-refractivity contribution is 0.119. The molecule has 1 aromatic rings. The van der Waals surface area contributed by atoms with Crippen LogP contribution in [0.1, 0.15) is 56.6 Å². The van der Waals surface area contributed by atoms with Crippen molar-refractivity contribution in [2.24, 2.45) is 11.1 Å². The second-order valence-corrected chi connectivity index (χ2v) is 6.53. The van der Waals surface area contributed by atoms with E-state index in [1.807, 2.05) is 0 Å². The summed E-state index contributed by atoms with van der Waals surface area (Å²) < 4.78 is 0. The Hall–Kier alpha value is -1.35. The van der Waals surface area contributed by atoms with Gasteiger partial charge in [0.25, 0.3) is 0 Å². The highest BCUT2D eigenvalue weighted by atomic mass is 16.4. The molecule has 0 aromatic heterocycles. The molecule has 21 heavy (non-hydrogen) atoms. The molecule has 2 aliphatic rings. The van der Waals surface area contributed by atoms with Crippen molar-refractivity contribution >= 4 is 5.71 Å². The molecular weight excluding hydrogens is 260 g/mol. The summed E-state index contributed by atoms with van der Waals surface area (Å²) in [6.07, 6.45) is 8.28. The van der Waals surface area contributed by atoms with Crippen molar-refractivity contribution in [3.8, 4) is 0 Å². The molecular formula is C18H26N2O. The van der Waals surface area contributed by atoms with Gasteiger partial charge in [0, 0.05) is 12.6 Å². The van der Waals surface area contributed by atoms with Crippen molar-refractivity contribution in [1.82, 2.24) is 4.90 Å². The van der Waals surface area contributed by atoms with Crippen LogP contribution in [0.25, 0.3) is 0 Å². The molecule has 0 amide bonds. The van der Waals surface area contributed by atoms with Gasteiger partial charge in [-0.1, -0.05) is 41.9 Å². The SMILES string of the molecule is ON=C1CCC(CN2CCCCC2c2ccccc2)CC1. The van der Waals surface area contributed by atoms with Crippen LogP contribution in [-0.4, -0.2) is 28.9 Å². The van der Waals surface area contributed by atoms with Gasteiger partial charge in [0.15, 0.2) is 0 Å². The third-order valence-corrected chi connectivity index (χ3v) is 5.11. The molecule has 3 heteroatoms. The Bertz CT molecular complexity index is 461. The Kier molecular flexibility index (Phi) is 4.91. The lowest BCUT2D eigenvalue weighted by Crippen LogP contribution is -2.38.